The first kappa shape index (κ1) is 21.1. The molecule has 2 saturated carbocycles. The van der Waals surface area contributed by atoms with Crippen LogP contribution >= 0.6 is 0 Å². The van der Waals surface area contributed by atoms with Gasteiger partial charge < -0.3 is 14.8 Å². The van der Waals surface area contributed by atoms with Crippen molar-refractivity contribution in [2.45, 2.75) is 96.4 Å². The van der Waals surface area contributed by atoms with E-state index in [-0.39, 0.29) is 0 Å². The van der Waals surface area contributed by atoms with Gasteiger partial charge in [-0.25, -0.2) is 0 Å². The summed E-state index contributed by atoms with van der Waals surface area (Å²) in [6.07, 6.45) is 14.4. The van der Waals surface area contributed by atoms with Gasteiger partial charge in [-0.1, -0.05) is 46.0 Å². The second kappa shape index (κ2) is 10.2. The highest BCUT2D eigenvalue weighted by molar-refractivity contribution is 5.09. The van der Waals surface area contributed by atoms with E-state index >= 15 is 0 Å². The summed E-state index contributed by atoms with van der Waals surface area (Å²) < 4.78 is 11.5. The highest BCUT2D eigenvalue weighted by atomic mass is 16.5. The Balaban J connectivity index is 1.15. The first-order chi connectivity index (χ1) is 13.7. The molecule has 4 fully saturated rings. The SMILES string of the molecule is CCC[C@H](C[C@@H](C)CNC1CCC[C@@H]2CCC[C@@H]3[C@@H](N1)[C@H]23)OCCC1COC1. The largest absolute Gasteiger partial charge is 0.381 e. The van der Waals surface area contributed by atoms with Crippen molar-refractivity contribution in [1.29, 1.82) is 0 Å². The highest BCUT2D eigenvalue weighted by Crippen LogP contribution is 2.55. The van der Waals surface area contributed by atoms with Crippen LogP contribution in [0.1, 0.15) is 78.1 Å². The molecule has 0 aromatic rings. The second-order valence-corrected chi connectivity index (χ2v) is 10.3. The van der Waals surface area contributed by atoms with E-state index in [1.165, 1.54) is 64.2 Å². The van der Waals surface area contributed by atoms with Gasteiger partial charge >= 0.3 is 0 Å². The van der Waals surface area contributed by atoms with E-state index in [0.717, 1.165) is 56.1 Å². The van der Waals surface area contributed by atoms with Crippen molar-refractivity contribution in [1.82, 2.24) is 10.6 Å². The molecule has 2 heterocycles. The molecule has 2 aliphatic heterocycles. The molecule has 28 heavy (non-hydrogen) atoms. The third kappa shape index (κ3) is 5.50. The molecule has 4 rings (SSSR count). The van der Waals surface area contributed by atoms with Crippen LogP contribution in [0.2, 0.25) is 0 Å². The molecule has 2 aliphatic carbocycles. The summed E-state index contributed by atoms with van der Waals surface area (Å²) in [6.45, 7) is 8.59. The zero-order chi connectivity index (χ0) is 19.3. The lowest BCUT2D eigenvalue weighted by Crippen LogP contribution is -2.46. The maximum Gasteiger partial charge on any atom is 0.0578 e. The molecule has 0 amide bonds. The molecular formula is C24H44N2O2. The van der Waals surface area contributed by atoms with Crippen molar-refractivity contribution in [3.8, 4) is 0 Å². The minimum Gasteiger partial charge on any atom is -0.381 e. The number of hydrogen-bond donors (Lipinski definition) is 2. The van der Waals surface area contributed by atoms with Crippen molar-refractivity contribution < 1.29 is 9.47 Å². The van der Waals surface area contributed by atoms with Gasteiger partial charge in [-0.3, -0.25) is 5.32 Å². The lowest BCUT2D eigenvalue weighted by atomic mass is 9.85. The zero-order valence-electron chi connectivity index (χ0n) is 18.3. The number of hydrogen-bond acceptors (Lipinski definition) is 4. The van der Waals surface area contributed by atoms with Gasteiger partial charge in [-0.05, 0) is 62.3 Å². The van der Waals surface area contributed by atoms with Crippen LogP contribution in [0.25, 0.3) is 0 Å². The maximum absolute atomic E-state index is 6.26. The molecule has 7 atom stereocenters. The molecule has 0 radical (unpaired) electrons. The smallest absolute Gasteiger partial charge is 0.0578 e. The lowest BCUT2D eigenvalue weighted by Gasteiger charge is -2.29. The fourth-order valence-electron chi connectivity index (χ4n) is 6.18. The summed E-state index contributed by atoms with van der Waals surface area (Å²) in [7, 11) is 0. The molecule has 0 aromatic carbocycles. The van der Waals surface area contributed by atoms with Crippen LogP contribution in [0, 0.1) is 29.6 Å². The third-order valence-corrected chi connectivity index (χ3v) is 7.92. The van der Waals surface area contributed by atoms with Crippen molar-refractivity contribution in [2.75, 3.05) is 26.4 Å². The van der Waals surface area contributed by atoms with Crippen LogP contribution in [0.15, 0.2) is 0 Å². The molecule has 2 saturated heterocycles. The maximum atomic E-state index is 6.26. The number of nitrogens with one attached hydrogen (secondary N) is 2. The molecule has 4 heteroatoms. The second-order valence-electron chi connectivity index (χ2n) is 10.3. The predicted octanol–water partition coefficient (Wildman–Crippen LogP) is 4.34. The first-order valence-electron chi connectivity index (χ1n) is 12.4. The Bertz CT molecular complexity index is 470. The normalized spacial score (nSPS) is 37.3. The Hall–Kier alpha value is -0.160. The van der Waals surface area contributed by atoms with E-state index in [1.54, 1.807) is 0 Å². The zero-order valence-corrected chi connectivity index (χ0v) is 18.3. The number of ether oxygens (including phenoxy) is 2. The molecular weight excluding hydrogens is 348 g/mol. The van der Waals surface area contributed by atoms with Gasteiger partial charge in [0.25, 0.3) is 0 Å². The Kier molecular flexibility index (Phi) is 7.71. The van der Waals surface area contributed by atoms with Crippen LogP contribution in [0.3, 0.4) is 0 Å². The molecule has 0 aromatic heterocycles. The van der Waals surface area contributed by atoms with Gasteiger partial charge in [-0.15, -0.1) is 0 Å². The van der Waals surface area contributed by atoms with E-state index in [1.807, 2.05) is 0 Å². The van der Waals surface area contributed by atoms with Gasteiger partial charge in [-0.2, -0.15) is 0 Å². The lowest BCUT2D eigenvalue weighted by molar-refractivity contribution is -0.0565. The summed E-state index contributed by atoms with van der Waals surface area (Å²) in [4.78, 5) is 0. The predicted molar refractivity (Wildman–Crippen MR) is 114 cm³/mol. The molecule has 162 valence electrons. The van der Waals surface area contributed by atoms with Crippen LogP contribution in [0.4, 0.5) is 0 Å². The van der Waals surface area contributed by atoms with Crippen molar-refractivity contribution in [2.24, 2.45) is 29.6 Å². The van der Waals surface area contributed by atoms with Crippen LogP contribution < -0.4 is 10.6 Å². The summed E-state index contributed by atoms with van der Waals surface area (Å²) in [5, 5.41) is 7.89. The summed E-state index contributed by atoms with van der Waals surface area (Å²) >= 11 is 0. The topological polar surface area (TPSA) is 42.5 Å². The summed E-state index contributed by atoms with van der Waals surface area (Å²) in [5.41, 5.74) is 0. The van der Waals surface area contributed by atoms with Gasteiger partial charge in [0.2, 0.25) is 0 Å². The molecule has 0 bridgehead atoms. The molecule has 0 spiro atoms. The minimum absolute atomic E-state index is 0.431. The van der Waals surface area contributed by atoms with Gasteiger partial charge in [0.05, 0.1) is 25.5 Å². The van der Waals surface area contributed by atoms with E-state index in [0.29, 0.717) is 18.2 Å². The van der Waals surface area contributed by atoms with E-state index in [2.05, 4.69) is 24.5 Å². The van der Waals surface area contributed by atoms with E-state index in [4.69, 9.17) is 9.47 Å². The van der Waals surface area contributed by atoms with Gasteiger partial charge in [0.15, 0.2) is 0 Å². The van der Waals surface area contributed by atoms with Crippen LogP contribution in [0.5, 0.6) is 0 Å². The third-order valence-electron chi connectivity index (χ3n) is 7.92. The summed E-state index contributed by atoms with van der Waals surface area (Å²) in [5.74, 6) is 4.47. The van der Waals surface area contributed by atoms with Gasteiger partial charge in [0.1, 0.15) is 0 Å². The molecule has 4 aliphatic rings. The first-order valence-corrected chi connectivity index (χ1v) is 12.4. The van der Waals surface area contributed by atoms with Crippen molar-refractivity contribution in [3.63, 3.8) is 0 Å². The average Bonchev–Trinajstić information content (AvgIpc) is 3.33. The number of rotatable bonds is 11. The van der Waals surface area contributed by atoms with Crippen molar-refractivity contribution in [3.05, 3.63) is 0 Å². The summed E-state index contributed by atoms with van der Waals surface area (Å²) in [6, 6.07) is 0.826. The standard InChI is InChI=1S/C24H44N2O2/c1-3-6-20(28-12-11-18-15-27-16-18)13-17(2)14-25-22-10-5-8-19-7-4-9-21-23(19)24(21)26-22/h17-26H,3-16H2,1-2H3/t17-,19+,20-,21+,22?,23-,24-/m1/s1. The van der Waals surface area contributed by atoms with Crippen LogP contribution in [-0.2, 0) is 9.47 Å². The Morgan fingerprint density at radius 1 is 1.14 bits per heavy atom. The fourth-order valence-corrected chi connectivity index (χ4v) is 6.18. The van der Waals surface area contributed by atoms with Crippen LogP contribution in [-0.4, -0.2) is 44.7 Å². The number of fused-ring (bicyclic) bond motifs is 1. The van der Waals surface area contributed by atoms with Crippen molar-refractivity contribution >= 4 is 0 Å². The van der Waals surface area contributed by atoms with E-state index < -0.39 is 0 Å². The Morgan fingerprint density at radius 3 is 2.71 bits per heavy atom. The minimum atomic E-state index is 0.431. The highest BCUT2D eigenvalue weighted by Gasteiger charge is 2.55. The van der Waals surface area contributed by atoms with Gasteiger partial charge in [0, 0.05) is 18.6 Å². The fraction of sp³-hybridized carbons (Fsp3) is 1.00. The average molecular weight is 393 g/mol. The quantitative estimate of drug-likeness (QED) is 0.549. The Labute approximate surface area is 172 Å². The monoisotopic (exact) mass is 392 g/mol. The Morgan fingerprint density at radius 2 is 1.96 bits per heavy atom. The van der Waals surface area contributed by atoms with E-state index in [9.17, 15) is 0 Å². The molecule has 4 nitrogen and oxygen atoms in total. The molecule has 2 N–H and O–H groups in total. The molecule has 1 unspecified atom stereocenters.